The molecular weight excluding hydrogens is 406 g/mol. The molecule has 2 heterocycles. The highest BCUT2D eigenvalue weighted by atomic mass is 16.5. The highest BCUT2D eigenvalue weighted by Gasteiger charge is 2.40. The molecule has 7 nitrogen and oxygen atoms in total. The number of hydrogen-bond acceptors (Lipinski definition) is 6. The number of hydrogen-bond donors (Lipinski definition) is 1. The van der Waals surface area contributed by atoms with Gasteiger partial charge in [-0.05, 0) is 30.2 Å². The maximum absolute atomic E-state index is 13.5. The van der Waals surface area contributed by atoms with Crippen molar-refractivity contribution in [2.24, 2.45) is 0 Å². The molecule has 0 radical (unpaired) electrons. The van der Waals surface area contributed by atoms with E-state index in [1.807, 2.05) is 42.5 Å². The Morgan fingerprint density at radius 1 is 0.969 bits per heavy atom. The van der Waals surface area contributed by atoms with Crippen LogP contribution >= 0.6 is 0 Å². The van der Waals surface area contributed by atoms with Gasteiger partial charge in [-0.3, -0.25) is 19.4 Å². The van der Waals surface area contributed by atoms with Gasteiger partial charge in [-0.25, -0.2) is 0 Å². The second-order valence-corrected chi connectivity index (χ2v) is 7.84. The Bertz CT molecular complexity index is 1010. The van der Waals surface area contributed by atoms with Gasteiger partial charge in [-0.1, -0.05) is 37.3 Å². The molecule has 4 rings (SSSR count). The van der Waals surface area contributed by atoms with E-state index in [1.165, 1.54) is 10.5 Å². The van der Waals surface area contributed by atoms with Crippen LogP contribution in [0.4, 0.5) is 5.69 Å². The van der Waals surface area contributed by atoms with Gasteiger partial charge < -0.3 is 14.8 Å². The van der Waals surface area contributed by atoms with E-state index in [4.69, 9.17) is 9.47 Å². The summed E-state index contributed by atoms with van der Waals surface area (Å²) < 4.78 is 10.9. The minimum atomic E-state index is -0.316. The number of nitrogens with one attached hydrogen (secondary N) is 1. The Morgan fingerprint density at radius 2 is 1.69 bits per heavy atom. The van der Waals surface area contributed by atoms with E-state index in [0.717, 1.165) is 25.2 Å². The number of imide groups is 1. The van der Waals surface area contributed by atoms with Crippen molar-refractivity contribution < 1.29 is 19.1 Å². The molecule has 2 amide bonds. The lowest BCUT2D eigenvalue weighted by molar-refractivity contribution is -0.137. The summed E-state index contributed by atoms with van der Waals surface area (Å²) in [5.74, 6) is -0.0662. The summed E-state index contributed by atoms with van der Waals surface area (Å²) in [4.78, 5) is 30.4. The van der Waals surface area contributed by atoms with Gasteiger partial charge in [0.25, 0.3) is 11.8 Å². The van der Waals surface area contributed by atoms with Gasteiger partial charge in [-0.2, -0.15) is 0 Å². The summed E-state index contributed by atoms with van der Waals surface area (Å²) in [6.07, 6.45) is 0.933. The molecule has 1 fully saturated rings. The summed E-state index contributed by atoms with van der Waals surface area (Å²) in [5.41, 5.74) is 3.20. The fourth-order valence-corrected chi connectivity index (χ4v) is 4.03. The number of benzene rings is 2. The van der Waals surface area contributed by atoms with E-state index >= 15 is 0 Å². The Balaban J connectivity index is 1.65. The topological polar surface area (TPSA) is 71.1 Å². The predicted octanol–water partition coefficient (Wildman–Crippen LogP) is 2.78. The first-order valence-corrected chi connectivity index (χ1v) is 11.0. The zero-order valence-corrected chi connectivity index (χ0v) is 18.6. The van der Waals surface area contributed by atoms with Crippen LogP contribution in [0.3, 0.4) is 0 Å². The summed E-state index contributed by atoms with van der Waals surface area (Å²) in [5, 5.41) is 3.22. The number of carbonyl (C=O) groups is 2. The molecule has 0 spiro atoms. The monoisotopic (exact) mass is 435 g/mol. The van der Waals surface area contributed by atoms with Crippen molar-refractivity contribution >= 4 is 23.1 Å². The van der Waals surface area contributed by atoms with Crippen LogP contribution in [0.1, 0.15) is 18.1 Å². The van der Waals surface area contributed by atoms with Gasteiger partial charge in [-0.15, -0.1) is 0 Å². The molecule has 32 heavy (non-hydrogen) atoms. The van der Waals surface area contributed by atoms with Gasteiger partial charge in [0.05, 0.1) is 25.9 Å². The molecule has 0 atom stereocenters. The molecule has 0 unspecified atom stereocenters. The number of morpholine rings is 1. The molecule has 2 aliphatic heterocycles. The molecule has 2 aromatic rings. The third kappa shape index (κ3) is 4.54. The maximum Gasteiger partial charge on any atom is 0.278 e. The van der Waals surface area contributed by atoms with Crippen molar-refractivity contribution in [3.05, 3.63) is 65.4 Å². The molecule has 0 saturated carbocycles. The van der Waals surface area contributed by atoms with E-state index in [1.54, 1.807) is 13.2 Å². The molecule has 0 bridgehead atoms. The second-order valence-electron chi connectivity index (χ2n) is 7.84. The molecule has 2 aromatic carbocycles. The summed E-state index contributed by atoms with van der Waals surface area (Å²) in [7, 11) is 1.56. The Morgan fingerprint density at radius 3 is 2.38 bits per heavy atom. The molecule has 168 valence electrons. The molecule has 1 saturated heterocycles. The summed E-state index contributed by atoms with van der Waals surface area (Å²) in [6, 6.07) is 15.2. The number of anilines is 1. The largest absolute Gasteiger partial charge is 0.496 e. The quantitative estimate of drug-likeness (QED) is 0.643. The number of methoxy groups -OCH3 is 1. The Labute approximate surface area is 188 Å². The van der Waals surface area contributed by atoms with Crippen LogP contribution in [-0.4, -0.2) is 68.1 Å². The van der Waals surface area contributed by atoms with Crippen molar-refractivity contribution in [3.63, 3.8) is 0 Å². The molecule has 2 aliphatic rings. The Hall–Kier alpha value is -3.16. The van der Waals surface area contributed by atoms with Crippen LogP contribution in [0.5, 0.6) is 5.75 Å². The van der Waals surface area contributed by atoms with Gasteiger partial charge in [0.15, 0.2) is 0 Å². The number of amides is 2. The van der Waals surface area contributed by atoms with E-state index in [2.05, 4.69) is 17.1 Å². The van der Waals surface area contributed by atoms with Gasteiger partial charge in [0.1, 0.15) is 11.4 Å². The average Bonchev–Trinajstić information content (AvgIpc) is 3.07. The number of carbonyl (C=O) groups excluding carboxylic acids is 2. The second kappa shape index (κ2) is 9.97. The lowest BCUT2D eigenvalue weighted by Crippen LogP contribution is -2.43. The van der Waals surface area contributed by atoms with Crippen molar-refractivity contribution in [1.82, 2.24) is 9.80 Å². The van der Waals surface area contributed by atoms with Crippen LogP contribution in [0, 0.1) is 0 Å². The third-order valence-corrected chi connectivity index (χ3v) is 5.92. The molecule has 0 aliphatic carbocycles. The maximum atomic E-state index is 13.5. The van der Waals surface area contributed by atoms with Crippen molar-refractivity contribution in [1.29, 1.82) is 0 Å². The average molecular weight is 436 g/mol. The summed E-state index contributed by atoms with van der Waals surface area (Å²) in [6.45, 7) is 6.00. The first kappa shape index (κ1) is 22.0. The number of nitrogens with zero attached hydrogens (tertiary/aromatic N) is 2. The lowest BCUT2D eigenvalue weighted by atomic mass is 10.0. The number of ether oxygens (including phenoxy) is 2. The normalized spacial score (nSPS) is 17.2. The third-order valence-electron chi connectivity index (χ3n) is 5.92. The van der Waals surface area contributed by atoms with Crippen molar-refractivity contribution in [2.45, 2.75) is 13.3 Å². The van der Waals surface area contributed by atoms with Gasteiger partial charge >= 0.3 is 0 Å². The van der Waals surface area contributed by atoms with Crippen LogP contribution in [0.25, 0.3) is 5.57 Å². The van der Waals surface area contributed by atoms with Gasteiger partial charge in [0.2, 0.25) is 0 Å². The molecular formula is C25H29N3O4. The standard InChI is InChI=1S/C25H29N3O4/c1-3-18-8-10-19(11-9-18)26-23-22(20-6-4-5-7-21(20)31-2)24(29)28(25(23)30)13-12-27-14-16-32-17-15-27/h4-11,26H,3,12-17H2,1-2H3. The molecule has 1 N–H and O–H groups in total. The minimum Gasteiger partial charge on any atom is -0.496 e. The SMILES string of the molecule is CCc1ccc(NC2=C(c3ccccc3OC)C(=O)N(CCN3CCOCC3)C2=O)cc1. The zero-order valence-electron chi connectivity index (χ0n) is 18.6. The minimum absolute atomic E-state index is 0.283. The zero-order chi connectivity index (χ0) is 22.5. The van der Waals surface area contributed by atoms with Gasteiger partial charge in [0, 0.05) is 37.4 Å². The highest BCUT2D eigenvalue weighted by molar-refractivity contribution is 6.37. The van der Waals surface area contributed by atoms with Crippen LogP contribution < -0.4 is 10.1 Å². The Kier molecular flexibility index (Phi) is 6.87. The fourth-order valence-electron chi connectivity index (χ4n) is 4.03. The number of para-hydroxylation sites is 1. The molecule has 7 heteroatoms. The van der Waals surface area contributed by atoms with E-state index in [9.17, 15) is 9.59 Å². The van der Waals surface area contributed by atoms with Crippen molar-refractivity contribution in [3.8, 4) is 5.75 Å². The van der Waals surface area contributed by atoms with E-state index in [-0.39, 0.29) is 17.5 Å². The van der Waals surface area contributed by atoms with Crippen LogP contribution in [0.2, 0.25) is 0 Å². The predicted molar refractivity (Wildman–Crippen MR) is 123 cm³/mol. The van der Waals surface area contributed by atoms with E-state index < -0.39 is 0 Å². The first-order chi connectivity index (χ1) is 15.6. The number of aryl methyl sites for hydroxylation is 1. The first-order valence-electron chi connectivity index (χ1n) is 11.0. The highest BCUT2D eigenvalue weighted by Crippen LogP contribution is 2.35. The number of rotatable bonds is 8. The molecule has 0 aromatic heterocycles. The lowest BCUT2D eigenvalue weighted by Gasteiger charge is -2.28. The van der Waals surface area contributed by atoms with E-state index in [0.29, 0.717) is 43.2 Å². The summed E-state index contributed by atoms with van der Waals surface area (Å²) >= 11 is 0. The fraction of sp³-hybridized carbons (Fsp3) is 0.360. The van der Waals surface area contributed by atoms with Crippen LogP contribution in [0.15, 0.2) is 54.2 Å². The van der Waals surface area contributed by atoms with Crippen molar-refractivity contribution in [2.75, 3.05) is 51.8 Å². The van der Waals surface area contributed by atoms with Crippen LogP contribution in [-0.2, 0) is 20.7 Å². The smallest absolute Gasteiger partial charge is 0.278 e.